The van der Waals surface area contributed by atoms with Gasteiger partial charge in [-0.25, -0.2) is 9.79 Å². The van der Waals surface area contributed by atoms with E-state index in [0.717, 1.165) is 88.8 Å². The molecule has 0 aromatic heterocycles. The highest BCUT2D eigenvalue weighted by atomic mass is 16.6. The van der Waals surface area contributed by atoms with Crippen LogP contribution in [0.2, 0.25) is 0 Å². The number of hydrogen-bond donors (Lipinski definition) is 4. The SMILES string of the molecule is CC(=N)C1NC=C(CC2CCCCC(NC(=O)OC(C)(C)C)c3ccccc3CCC2)NC1=NC1CCCCO1. The van der Waals surface area contributed by atoms with Gasteiger partial charge in [0.25, 0.3) is 0 Å². The summed E-state index contributed by atoms with van der Waals surface area (Å²) in [6.45, 7) is 8.27. The van der Waals surface area contributed by atoms with Crippen molar-refractivity contribution < 1.29 is 14.3 Å². The van der Waals surface area contributed by atoms with Gasteiger partial charge in [-0.2, -0.15) is 0 Å². The third kappa shape index (κ3) is 9.08. The van der Waals surface area contributed by atoms with E-state index in [1.54, 1.807) is 0 Å². The molecule has 0 spiro atoms. The molecular formula is C32H49N5O3. The molecular weight excluding hydrogens is 502 g/mol. The maximum atomic E-state index is 12.7. The molecule has 4 rings (SSSR count). The molecule has 1 aromatic rings. The normalized spacial score (nSPS) is 27.2. The van der Waals surface area contributed by atoms with Crippen molar-refractivity contribution >= 4 is 17.6 Å². The number of rotatable bonds is 5. The lowest BCUT2D eigenvalue weighted by molar-refractivity contribution is 0.0220. The Morgan fingerprint density at radius 2 is 1.85 bits per heavy atom. The monoisotopic (exact) mass is 551 g/mol. The maximum Gasteiger partial charge on any atom is 0.408 e. The number of aryl methyl sites for hydroxylation is 1. The van der Waals surface area contributed by atoms with E-state index in [2.05, 4.69) is 40.2 Å². The van der Waals surface area contributed by atoms with Crippen LogP contribution >= 0.6 is 0 Å². The van der Waals surface area contributed by atoms with Crippen LogP contribution in [0.5, 0.6) is 0 Å². The highest BCUT2D eigenvalue weighted by molar-refractivity contribution is 6.09. The summed E-state index contributed by atoms with van der Waals surface area (Å²) in [7, 11) is 0. The van der Waals surface area contributed by atoms with E-state index >= 15 is 0 Å². The van der Waals surface area contributed by atoms with E-state index in [0.29, 0.717) is 11.6 Å². The number of nitrogens with zero attached hydrogens (tertiary/aromatic N) is 1. The summed E-state index contributed by atoms with van der Waals surface area (Å²) in [4.78, 5) is 17.6. The van der Waals surface area contributed by atoms with Crippen LogP contribution in [-0.2, 0) is 15.9 Å². The minimum Gasteiger partial charge on any atom is -0.444 e. The van der Waals surface area contributed by atoms with Crippen molar-refractivity contribution in [3.63, 3.8) is 0 Å². The van der Waals surface area contributed by atoms with Crippen LogP contribution in [-0.4, -0.2) is 42.1 Å². The van der Waals surface area contributed by atoms with Crippen LogP contribution in [0.3, 0.4) is 0 Å². The zero-order valence-electron chi connectivity index (χ0n) is 24.9. The molecule has 1 amide bonds. The second-order valence-corrected chi connectivity index (χ2v) is 12.6. The molecule has 8 heteroatoms. The Morgan fingerprint density at radius 3 is 2.60 bits per heavy atom. The van der Waals surface area contributed by atoms with E-state index in [1.807, 2.05) is 33.9 Å². The minimum atomic E-state index is -0.521. The molecule has 4 unspecified atom stereocenters. The molecule has 0 bridgehead atoms. The topological polar surface area (TPSA) is 108 Å². The quantitative estimate of drug-likeness (QED) is 0.312. The summed E-state index contributed by atoms with van der Waals surface area (Å²) < 4.78 is 11.5. The predicted octanol–water partition coefficient (Wildman–Crippen LogP) is 6.52. The van der Waals surface area contributed by atoms with Gasteiger partial charge < -0.3 is 30.8 Å². The lowest BCUT2D eigenvalue weighted by Gasteiger charge is -2.30. The standard InChI is InChI=1S/C32H49N5O3/c1-22(33)29-30(37-28-18-9-10-19-39-28)35-25(21-34-29)20-23-12-5-8-17-27(36-31(38)40-32(2,3)4)26-16-7-6-14-24(26)15-11-13-23/h6-7,14,16,21,23,27-29,33-34H,5,8-13,15,17-20H2,1-4H3,(H,35,37)(H,36,38). The van der Waals surface area contributed by atoms with E-state index in [-0.39, 0.29) is 24.4 Å². The van der Waals surface area contributed by atoms with Gasteiger partial charge in [-0.05, 0) is 96.1 Å². The summed E-state index contributed by atoms with van der Waals surface area (Å²) in [6, 6.07) is 8.26. The second-order valence-electron chi connectivity index (χ2n) is 12.6. The molecule has 220 valence electrons. The lowest BCUT2D eigenvalue weighted by atomic mass is 9.90. The molecule has 2 heterocycles. The Kier molecular flexibility index (Phi) is 10.6. The number of carbonyl (C=O) groups excluding carboxylic acids is 1. The largest absolute Gasteiger partial charge is 0.444 e. The van der Waals surface area contributed by atoms with Crippen molar-refractivity contribution in [1.29, 1.82) is 5.41 Å². The van der Waals surface area contributed by atoms with E-state index in [9.17, 15) is 4.79 Å². The number of nitrogens with one attached hydrogen (secondary N) is 4. The number of aliphatic imine (C=N–C) groups is 1. The van der Waals surface area contributed by atoms with Crippen molar-refractivity contribution in [2.45, 2.75) is 122 Å². The van der Waals surface area contributed by atoms with Crippen molar-refractivity contribution in [3.8, 4) is 0 Å². The van der Waals surface area contributed by atoms with Crippen molar-refractivity contribution in [1.82, 2.24) is 16.0 Å². The number of alkyl carbamates (subject to hydrolysis) is 1. The Bertz CT molecular complexity index is 1070. The highest BCUT2D eigenvalue weighted by Crippen LogP contribution is 2.31. The average Bonchev–Trinajstić information content (AvgIpc) is 2.93. The highest BCUT2D eigenvalue weighted by Gasteiger charge is 2.27. The summed E-state index contributed by atoms with van der Waals surface area (Å²) in [5.41, 5.74) is 3.68. The van der Waals surface area contributed by atoms with E-state index in [4.69, 9.17) is 19.9 Å². The number of carbonyl (C=O) groups is 1. The maximum absolute atomic E-state index is 12.7. The fourth-order valence-electron chi connectivity index (χ4n) is 5.94. The number of ether oxygens (including phenoxy) is 2. The summed E-state index contributed by atoms with van der Waals surface area (Å²) in [6.07, 6.45) is 13.1. The average molecular weight is 552 g/mol. The van der Waals surface area contributed by atoms with Crippen molar-refractivity contribution in [2.24, 2.45) is 10.9 Å². The first-order chi connectivity index (χ1) is 19.2. The Morgan fingerprint density at radius 1 is 1.10 bits per heavy atom. The summed E-state index contributed by atoms with van der Waals surface area (Å²) >= 11 is 0. The van der Waals surface area contributed by atoms with Crippen LogP contribution in [0, 0.1) is 11.3 Å². The number of allylic oxidation sites excluding steroid dienone is 1. The van der Waals surface area contributed by atoms with Crippen LogP contribution < -0.4 is 16.0 Å². The van der Waals surface area contributed by atoms with Gasteiger partial charge >= 0.3 is 6.09 Å². The Balaban J connectivity index is 1.41. The molecule has 0 saturated carbocycles. The third-order valence-electron chi connectivity index (χ3n) is 7.90. The van der Waals surface area contributed by atoms with Gasteiger partial charge in [0.1, 0.15) is 23.7 Å². The summed E-state index contributed by atoms with van der Waals surface area (Å²) in [5, 5.41) is 18.4. The van der Waals surface area contributed by atoms with Crippen LogP contribution in [0.25, 0.3) is 0 Å². The molecule has 1 aromatic carbocycles. The van der Waals surface area contributed by atoms with Gasteiger partial charge in [0.15, 0.2) is 0 Å². The molecule has 4 atom stereocenters. The van der Waals surface area contributed by atoms with Gasteiger partial charge in [-0.3, -0.25) is 0 Å². The van der Waals surface area contributed by atoms with E-state index < -0.39 is 5.60 Å². The molecule has 3 aliphatic rings. The molecule has 8 nitrogen and oxygen atoms in total. The Hall–Kier alpha value is -2.87. The molecule has 1 aliphatic carbocycles. The molecule has 4 N–H and O–H groups in total. The second kappa shape index (κ2) is 14.2. The minimum absolute atomic E-state index is 0.0448. The molecule has 40 heavy (non-hydrogen) atoms. The number of amides is 1. The first-order valence-electron chi connectivity index (χ1n) is 15.2. The van der Waals surface area contributed by atoms with Crippen molar-refractivity contribution in [2.75, 3.05) is 6.61 Å². The van der Waals surface area contributed by atoms with Gasteiger partial charge in [0.05, 0.1) is 6.04 Å². The predicted molar refractivity (Wildman–Crippen MR) is 161 cm³/mol. The molecule has 2 aliphatic heterocycles. The van der Waals surface area contributed by atoms with E-state index in [1.165, 1.54) is 11.1 Å². The summed E-state index contributed by atoms with van der Waals surface area (Å²) in [5.74, 6) is 1.35. The van der Waals surface area contributed by atoms with Gasteiger partial charge in [-0.15, -0.1) is 0 Å². The fourth-order valence-corrected chi connectivity index (χ4v) is 5.94. The van der Waals surface area contributed by atoms with Crippen LogP contribution in [0.1, 0.15) is 109 Å². The van der Waals surface area contributed by atoms with Gasteiger partial charge in [-0.1, -0.05) is 43.5 Å². The van der Waals surface area contributed by atoms with Crippen LogP contribution in [0.15, 0.2) is 41.2 Å². The smallest absolute Gasteiger partial charge is 0.408 e. The molecule has 1 saturated heterocycles. The van der Waals surface area contributed by atoms with Crippen molar-refractivity contribution in [3.05, 3.63) is 47.3 Å². The molecule has 0 radical (unpaired) electrons. The number of fused-ring (bicyclic) bond motifs is 1. The van der Waals surface area contributed by atoms with Crippen LogP contribution in [0.4, 0.5) is 4.79 Å². The molecule has 1 fully saturated rings. The van der Waals surface area contributed by atoms with Gasteiger partial charge in [0.2, 0.25) is 0 Å². The zero-order valence-corrected chi connectivity index (χ0v) is 24.9. The number of benzene rings is 1. The van der Waals surface area contributed by atoms with Gasteiger partial charge in [0, 0.05) is 24.2 Å². The number of hydrogen-bond acceptors (Lipinski definition) is 6. The number of amidine groups is 1. The first-order valence-corrected chi connectivity index (χ1v) is 15.2. The first kappa shape index (κ1) is 30.1. The third-order valence-corrected chi connectivity index (χ3v) is 7.90. The fraction of sp³-hybridized carbons (Fsp3) is 0.656. The lowest BCUT2D eigenvalue weighted by Crippen LogP contribution is -2.51. The zero-order chi connectivity index (χ0) is 28.5. The Labute approximate surface area is 240 Å².